The van der Waals surface area contributed by atoms with Crippen LogP contribution in [0.25, 0.3) is 0 Å². The Balaban J connectivity index is 1.68. The molecule has 132 valence electrons. The molecule has 6 heteroatoms. The number of anilines is 1. The molecule has 2 heterocycles. The number of benzene rings is 1. The zero-order valence-corrected chi connectivity index (χ0v) is 14.7. The maximum atomic E-state index is 12.4. The summed E-state index contributed by atoms with van der Waals surface area (Å²) in [5.41, 5.74) is 0.982. The maximum absolute atomic E-state index is 12.4. The van der Waals surface area contributed by atoms with Crippen LogP contribution in [-0.4, -0.2) is 54.4 Å². The molecule has 1 aromatic carbocycles. The number of rotatable bonds is 5. The van der Waals surface area contributed by atoms with Crippen LogP contribution in [0.2, 0.25) is 0 Å². The molecule has 0 spiro atoms. The van der Waals surface area contributed by atoms with Crippen molar-refractivity contribution in [3.05, 3.63) is 54.2 Å². The lowest BCUT2D eigenvalue weighted by Crippen LogP contribution is -2.46. The molecule has 25 heavy (non-hydrogen) atoms. The molecule has 1 saturated heterocycles. The molecule has 2 aromatic rings. The number of methoxy groups -OCH3 is 1. The lowest BCUT2D eigenvalue weighted by Gasteiger charge is -2.39. The first kappa shape index (κ1) is 17.4. The summed E-state index contributed by atoms with van der Waals surface area (Å²) in [6.07, 6.45) is 3.61. The smallest absolute Gasteiger partial charge is 0.327 e. The Hall–Kier alpha value is -2.47. The van der Waals surface area contributed by atoms with Gasteiger partial charge in [0.15, 0.2) is 5.82 Å². The molecule has 0 radical (unpaired) electrons. The highest BCUT2D eigenvalue weighted by Crippen LogP contribution is 2.28. The van der Waals surface area contributed by atoms with E-state index in [1.54, 1.807) is 6.20 Å². The third-order valence-corrected chi connectivity index (χ3v) is 4.87. The number of carbonyl (C=O) groups excluding carboxylic acids is 1. The van der Waals surface area contributed by atoms with E-state index in [0.717, 1.165) is 37.3 Å². The van der Waals surface area contributed by atoms with Gasteiger partial charge in [-0.1, -0.05) is 30.3 Å². The Kier molecular flexibility index (Phi) is 5.60. The van der Waals surface area contributed by atoms with Gasteiger partial charge in [0.1, 0.15) is 6.04 Å². The maximum Gasteiger partial charge on any atom is 0.327 e. The lowest BCUT2D eigenvalue weighted by molar-refractivity contribution is -0.147. The molecule has 6 nitrogen and oxygen atoms in total. The third kappa shape index (κ3) is 3.96. The molecule has 1 aromatic heterocycles. The number of hydrogen-bond donors (Lipinski definition) is 0. The van der Waals surface area contributed by atoms with Gasteiger partial charge in [-0.2, -0.15) is 5.10 Å². The van der Waals surface area contributed by atoms with Crippen molar-refractivity contribution in [3.63, 3.8) is 0 Å². The van der Waals surface area contributed by atoms with Gasteiger partial charge in [-0.15, -0.1) is 5.10 Å². The minimum atomic E-state index is -0.339. The fourth-order valence-electron chi connectivity index (χ4n) is 3.44. The second kappa shape index (κ2) is 8.07. The molecule has 1 atom stereocenters. The minimum absolute atomic E-state index is 0.202. The number of likely N-dealkylation sites (tertiary alicyclic amines) is 1. The highest BCUT2D eigenvalue weighted by atomic mass is 16.5. The number of carbonyl (C=O) groups is 1. The van der Waals surface area contributed by atoms with Gasteiger partial charge in [-0.3, -0.25) is 4.90 Å². The Morgan fingerprint density at radius 1 is 1.20 bits per heavy atom. The van der Waals surface area contributed by atoms with E-state index in [4.69, 9.17) is 4.74 Å². The van der Waals surface area contributed by atoms with Crippen LogP contribution in [0.5, 0.6) is 0 Å². The van der Waals surface area contributed by atoms with Crippen molar-refractivity contribution in [2.24, 2.45) is 0 Å². The fourth-order valence-corrected chi connectivity index (χ4v) is 3.44. The van der Waals surface area contributed by atoms with Gasteiger partial charge in [-0.25, -0.2) is 4.79 Å². The van der Waals surface area contributed by atoms with Crippen molar-refractivity contribution in [1.82, 2.24) is 15.1 Å². The molecule has 3 rings (SSSR count). The molecule has 0 aliphatic carbocycles. The molecule has 1 aliphatic heterocycles. The van der Waals surface area contributed by atoms with Gasteiger partial charge in [0.25, 0.3) is 0 Å². The Bertz CT molecular complexity index is 672. The predicted octanol–water partition coefficient (Wildman–Crippen LogP) is 2.29. The van der Waals surface area contributed by atoms with Crippen LogP contribution in [0.4, 0.5) is 5.82 Å². The molecule has 1 fully saturated rings. The first-order valence-corrected chi connectivity index (χ1v) is 8.58. The van der Waals surface area contributed by atoms with Crippen molar-refractivity contribution >= 4 is 11.8 Å². The van der Waals surface area contributed by atoms with E-state index in [9.17, 15) is 4.79 Å². The zero-order chi connectivity index (χ0) is 17.6. The van der Waals surface area contributed by atoms with Crippen LogP contribution >= 0.6 is 0 Å². The van der Waals surface area contributed by atoms with Gasteiger partial charge < -0.3 is 9.64 Å². The summed E-state index contributed by atoms with van der Waals surface area (Å²) in [4.78, 5) is 16.7. The van der Waals surface area contributed by atoms with Crippen molar-refractivity contribution in [3.8, 4) is 0 Å². The first-order chi connectivity index (χ1) is 12.2. The number of hydrogen-bond acceptors (Lipinski definition) is 6. The summed E-state index contributed by atoms with van der Waals surface area (Å²) >= 11 is 0. The standard InChI is InChI=1S/C19H24N4O2/c1-22(17-9-6-12-20-21-17)16-10-13-23(14-11-16)18(19(24)25-2)15-7-4-3-5-8-15/h3-9,12,16,18H,10-11,13-14H2,1-2H3/t18-/m0/s1. The van der Waals surface area contributed by atoms with Crippen LogP contribution in [-0.2, 0) is 9.53 Å². The van der Waals surface area contributed by atoms with Gasteiger partial charge in [-0.05, 0) is 30.5 Å². The molecule has 0 bridgehead atoms. The molecule has 0 unspecified atom stereocenters. The normalized spacial score (nSPS) is 17.0. The van der Waals surface area contributed by atoms with E-state index in [-0.39, 0.29) is 12.0 Å². The van der Waals surface area contributed by atoms with E-state index >= 15 is 0 Å². The predicted molar refractivity (Wildman–Crippen MR) is 96.2 cm³/mol. The van der Waals surface area contributed by atoms with Crippen molar-refractivity contribution in [2.75, 3.05) is 32.1 Å². The van der Waals surface area contributed by atoms with Gasteiger partial charge in [0.2, 0.25) is 0 Å². The topological polar surface area (TPSA) is 58.6 Å². The van der Waals surface area contributed by atoms with Crippen LogP contribution in [0.3, 0.4) is 0 Å². The number of nitrogens with zero attached hydrogens (tertiary/aromatic N) is 4. The summed E-state index contributed by atoms with van der Waals surface area (Å²) in [5, 5.41) is 8.14. The SMILES string of the molecule is COC(=O)[C@H](c1ccccc1)N1CCC(N(C)c2cccnn2)CC1. The molecular formula is C19H24N4O2. The lowest BCUT2D eigenvalue weighted by atomic mass is 9.98. The largest absolute Gasteiger partial charge is 0.468 e. The van der Waals surface area contributed by atoms with E-state index in [1.807, 2.05) is 42.5 Å². The Morgan fingerprint density at radius 2 is 1.92 bits per heavy atom. The van der Waals surface area contributed by atoms with Crippen LogP contribution in [0, 0.1) is 0 Å². The van der Waals surface area contributed by atoms with E-state index in [0.29, 0.717) is 6.04 Å². The first-order valence-electron chi connectivity index (χ1n) is 8.58. The average Bonchev–Trinajstić information content (AvgIpc) is 2.69. The number of piperidine rings is 1. The highest BCUT2D eigenvalue weighted by Gasteiger charge is 2.32. The molecular weight excluding hydrogens is 316 g/mol. The third-order valence-electron chi connectivity index (χ3n) is 4.87. The summed E-state index contributed by atoms with van der Waals surface area (Å²) in [6.45, 7) is 1.67. The summed E-state index contributed by atoms with van der Waals surface area (Å²) < 4.78 is 5.05. The van der Waals surface area contributed by atoms with Crippen LogP contribution in [0.15, 0.2) is 48.7 Å². The minimum Gasteiger partial charge on any atom is -0.468 e. The summed E-state index contributed by atoms with van der Waals surface area (Å²) in [5.74, 6) is 0.681. The number of esters is 1. The molecule has 0 amide bonds. The van der Waals surface area contributed by atoms with Crippen molar-refractivity contribution in [2.45, 2.75) is 24.9 Å². The van der Waals surface area contributed by atoms with Crippen LogP contribution in [0.1, 0.15) is 24.4 Å². The second-order valence-corrected chi connectivity index (χ2v) is 6.30. The Labute approximate surface area is 148 Å². The number of ether oxygens (including phenoxy) is 1. The zero-order valence-electron chi connectivity index (χ0n) is 14.7. The molecule has 0 saturated carbocycles. The summed E-state index contributed by atoms with van der Waals surface area (Å²) in [7, 11) is 3.51. The summed E-state index contributed by atoms with van der Waals surface area (Å²) in [6, 6.07) is 13.8. The van der Waals surface area contributed by atoms with Gasteiger partial charge in [0.05, 0.1) is 7.11 Å². The number of aromatic nitrogens is 2. The van der Waals surface area contributed by atoms with Crippen LogP contribution < -0.4 is 4.90 Å². The van der Waals surface area contributed by atoms with Gasteiger partial charge >= 0.3 is 5.97 Å². The van der Waals surface area contributed by atoms with Crippen molar-refractivity contribution < 1.29 is 9.53 Å². The Morgan fingerprint density at radius 3 is 2.52 bits per heavy atom. The molecule has 0 N–H and O–H groups in total. The fraction of sp³-hybridized carbons (Fsp3) is 0.421. The van der Waals surface area contributed by atoms with E-state index in [2.05, 4.69) is 27.0 Å². The average molecular weight is 340 g/mol. The highest BCUT2D eigenvalue weighted by molar-refractivity contribution is 5.77. The second-order valence-electron chi connectivity index (χ2n) is 6.30. The van der Waals surface area contributed by atoms with E-state index in [1.165, 1.54) is 7.11 Å². The monoisotopic (exact) mass is 340 g/mol. The molecule has 1 aliphatic rings. The quantitative estimate of drug-likeness (QED) is 0.779. The van der Waals surface area contributed by atoms with Gasteiger partial charge in [0, 0.05) is 32.4 Å². The van der Waals surface area contributed by atoms with E-state index < -0.39 is 0 Å². The van der Waals surface area contributed by atoms with Crippen molar-refractivity contribution in [1.29, 1.82) is 0 Å².